The number of aromatic carboxylic acids is 1. The molecule has 0 amide bonds. The summed E-state index contributed by atoms with van der Waals surface area (Å²) in [5.41, 5.74) is 2.78. The van der Waals surface area contributed by atoms with Gasteiger partial charge in [0.25, 0.3) is 0 Å². The lowest BCUT2D eigenvalue weighted by Crippen LogP contribution is -2.13. The largest absolute Gasteiger partial charge is 0.508 e. The third kappa shape index (κ3) is 25.0. The first-order chi connectivity index (χ1) is 52.0. The standard InChI is InChI=1S/C21H16O5.C17H16O5.C16H14O5.C15H12O5.C14H10O5/c22-17-12-10-16(11-13-17)20(23)26-19-9-5-4-8-18(19)21(24)25-14-15-6-2-1-3-7-15;1-2-11-21-17(20)14-5-3-4-6-15(14)22-16(19)12-7-9-13(18)10-8-12;1-2-20-16(19)13-5-3-4-6-14(13)21-15(18)11-7-9-12(17)10-8-11;1-19-15(18)12-4-2-3-5-13(12)20-14(17)10-6-8-11(16)9-7-10;15-10-7-5-9(6-8-10)14(18)19-12-4-2-1-3-11(12)13(16)17/h1-13,22H,14H2;3-10,18H,2,11H2,1H3;3-10,17H,2H2,1H3;2-9,16H,1H3;1-8,15H,(H,16,17). The Labute approximate surface area is 617 Å². The molecule has 0 spiro atoms. The smallest absolute Gasteiger partial charge is 0.343 e. The summed E-state index contributed by atoms with van der Waals surface area (Å²) < 4.78 is 45.9. The van der Waals surface area contributed by atoms with Gasteiger partial charge in [-0.3, -0.25) is 0 Å². The van der Waals surface area contributed by atoms with E-state index >= 15 is 0 Å². The van der Waals surface area contributed by atoms with E-state index in [-0.39, 0.29) is 126 Å². The monoisotopic (exact) mass is 1460 g/mol. The minimum Gasteiger partial charge on any atom is -0.508 e. The van der Waals surface area contributed by atoms with Crippen LogP contribution in [0.25, 0.3) is 0 Å². The highest BCUT2D eigenvalue weighted by atomic mass is 16.6. The highest BCUT2D eigenvalue weighted by Crippen LogP contribution is 2.27. The van der Waals surface area contributed by atoms with Crippen molar-refractivity contribution in [3.8, 4) is 57.5 Å². The molecule has 550 valence electrons. The van der Waals surface area contributed by atoms with Crippen molar-refractivity contribution in [2.75, 3.05) is 20.3 Å². The van der Waals surface area contributed by atoms with Crippen molar-refractivity contribution in [2.45, 2.75) is 26.9 Å². The number of para-hydroxylation sites is 5. The molecule has 0 saturated carbocycles. The third-order valence-corrected chi connectivity index (χ3v) is 14.2. The van der Waals surface area contributed by atoms with Gasteiger partial charge in [-0.2, -0.15) is 0 Å². The first-order valence-electron chi connectivity index (χ1n) is 32.4. The molecule has 0 atom stereocenters. The van der Waals surface area contributed by atoms with Crippen molar-refractivity contribution in [2.24, 2.45) is 0 Å². The van der Waals surface area contributed by atoms with Crippen LogP contribution in [0.5, 0.6) is 57.5 Å². The molecule has 25 nitrogen and oxygen atoms in total. The molecule has 25 heteroatoms. The second-order valence-electron chi connectivity index (χ2n) is 21.9. The van der Waals surface area contributed by atoms with Gasteiger partial charge < -0.3 is 73.3 Å². The lowest BCUT2D eigenvalue weighted by atomic mass is 10.2. The molecule has 0 aromatic heterocycles. The Hall–Kier alpha value is -14.9. The molecule has 0 saturated heterocycles. The van der Waals surface area contributed by atoms with Crippen LogP contribution in [0.3, 0.4) is 0 Å². The van der Waals surface area contributed by atoms with Gasteiger partial charge in [0.2, 0.25) is 0 Å². The Morgan fingerprint density at radius 2 is 0.509 bits per heavy atom. The molecule has 11 rings (SSSR count). The molecule has 0 aliphatic rings. The van der Waals surface area contributed by atoms with Gasteiger partial charge in [-0.15, -0.1) is 0 Å². The number of carboxylic acids is 1. The molecule has 11 aromatic carbocycles. The molecule has 108 heavy (non-hydrogen) atoms. The predicted octanol–water partition coefficient (Wildman–Crippen LogP) is 14.6. The number of esters is 9. The van der Waals surface area contributed by atoms with Gasteiger partial charge in [-0.25, -0.2) is 47.9 Å². The molecular weight excluding hydrogens is 1400 g/mol. The van der Waals surface area contributed by atoms with Crippen molar-refractivity contribution in [1.29, 1.82) is 0 Å². The summed E-state index contributed by atoms with van der Waals surface area (Å²) in [5.74, 6) is -5.86. The fraction of sp³-hybridized carbons (Fsp3) is 0.0843. The normalized spacial score (nSPS) is 9.99. The van der Waals surface area contributed by atoms with Gasteiger partial charge in [0.15, 0.2) is 0 Å². The number of carbonyl (C=O) groups excluding carboxylic acids is 9. The maximum Gasteiger partial charge on any atom is 0.343 e. The average Bonchev–Trinajstić information content (AvgIpc) is 0.866. The van der Waals surface area contributed by atoms with E-state index in [4.69, 9.17) is 53.2 Å². The molecule has 0 fully saturated rings. The Bertz CT molecular complexity index is 4880. The summed E-state index contributed by atoms with van der Waals surface area (Å²) in [6, 6.07) is 68.6. The number of carboxylic acid groups (broad SMARTS) is 1. The number of carbonyl (C=O) groups is 10. The molecule has 0 heterocycles. The van der Waals surface area contributed by atoms with Crippen LogP contribution >= 0.6 is 0 Å². The Morgan fingerprint density at radius 3 is 0.778 bits per heavy atom. The van der Waals surface area contributed by atoms with E-state index in [0.29, 0.717) is 13.0 Å². The zero-order valence-corrected chi connectivity index (χ0v) is 57.7. The first kappa shape index (κ1) is 80.4. The summed E-state index contributed by atoms with van der Waals surface area (Å²) in [4.78, 5) is 119. The fourth-order valence-corrected chi connectivity index (χ4v) is 8.80. The molecule has 0 unspecified atom stereocenters. The van der Waals surface area contributed by atoms with E-state index in [1.165, 1.54) is 189 Å². The van der Waals surface area contributed by atoms with Gasteiger partial charge in [-0.05, 0) is 201 Å². The van der Waals surface area contributed by atoms with E-state index in [1.54, 1.807) is 67.6 Å². The van der Waals surface area contributed by atoms with Gasteiger partial charge in [-0.1, -0.05) is 97.9 Å². The highest BCUT2D eigenvalue weighted by Gasteiger charge is 2.22. The number of phenolic OH excluding ortho intramolecular Hbond substituents is 5. The zero-order valence-electron chi connectivity index (χ0n) is 57.7. The van der Waals surface area contributed by atoms with Gasteiger partial charge in [0, 0.05) is 0 Å². The Balaban J connectivity index is 0.000000189. The molecule has 11 aromatic rings. The second-order valence-corrected chi connectivity index (χ2v) is 21.9. The molecule has 0 bridgehead atoms. The van der Waals surface area contributed by atoms with Crippen LogP contribution in [-0.2, 0) is 25.6 Å². The minimum atomic E-state index is -1.17. The maximum atomic E-state index is 12.4. The molecule has 0 aliphatic heterocycles. The molecule has 0 radical (unpaired) electrons. The molecular formula is C83H68O25. The first-order valence-corrected chi connectivity index (χ1v) is 32.4. The number of hydrogen-bond donors (Lipinski definition) is 6. The Morgan fingerprint density at radius 1 is 0.269 bits per heavy atom. The summed E-state index contributed by atoms with van der Waals surface area (Å²) in [7, 11) is 1.25. The molecule has 0 aliphatic carbocycles. The SMILES string of the molecule is CCCOC(=O)c1ccccc1OC(=O)c1ccc(O)cc1.CCOC(=O)c1ccccc1OC(=O)c1ccc(O)cc1.COC(=O)c1ccccc1OC(=O)c1ccc(O)cc1.O=C(Oc1ccccc1C(=O)O)c1ccc(O)cc1.O=C(Oc1ccccc1C(=O)OCc1ccccc1)c1ccc(O)cc1. The van der Waals surface area contributed by atoms with Crippen LogP contribution in [-0.4, -0.2) is 111 Å². The summed E-state index contributed by atoms with van der Waals surface area (Å²) in [6.45, 7) is 4.26. The van der Waals surface area contributed by atoms with Gasteiger partial charge in [0.1, 0.15) is 91.9 Å². The van der Waals surface area contributed by atoms with Gasteiger partial charge in [0.05, 0.1) is 48.1 Å². The van der Waals surface area contributed by atoms with Crippen LogP contribution in [0.4, 0.5) is 0 Å². The van der Waals surface area contributed by atoms with Gasteiger partial charge >= 0.3 is 59.7 Å². The number of benzene rings is 11. The van der Waals surface area contributed by atoms with Crippen molar-refractivity contribution in [1.82, 2.24) is 0 Å². The van der Waals surface area contributed by atoms with E-state index in [0.717, 1.165) is 5.56 Å². The van der Waals surface area contributed by atoms with Crippen molar-refractivity contribution >= 4 is 59.7 Å². The van der Waals surface area contributed by atoms with E-state index < -0.39 is 59.7 Å². The van der Waals surface area contributed by atoms with Crippen LogP contribution < -0.4 is 23.7 Å². The third-order valence-electron chi connectivity index (χ3n) is 14.2. The van der Waals surface area contributed by atoms with Crippen molar-refractivity contribution in [3.05, 3.63) is 334 Å². The fourth-order valence-electron chi connectivity index (χ4n) is 8.80. The number of ether oxygens (including phenoxy) is 9. The lowest BCUT2D eigenvalue weighted by molar-refractivity contribution is 0.0462. The number of aromatic hydroxyl groups is 5. The minimum absolute atomic E-state index is 0.0203. The maximum absolute atomic E-state index is 12.4. The highest BCUT2D eigenvalue weighted by molar-refractivity contribution is 6.00. The van der Waals surface area contributed by atoms with E-state index in [1.807, 2.05) is 37.3 Å². The van der Waals surface area contributed by atoms with Crippen LogP contribution in [0.1, 0.15) is 129 Å². The van der Waals surface area contributed by atoms with Crippen LogP contribution in [0.15, 0.2) is 273 Å². The summed E-state index contributed by atoms with van der Waals surface area (Å²) >= 11 is 0. The van der Waals surface area contributed by atoms with E-state index in [9.17, 15) is 63.3 Å². The molecule has 6 N–H and O–H groups in total. The van der Waals surface area contributed by atoms with Crippen LogP contribution in [0.2, 0.25) is 0 Å². The number of rotatable bonds is 20. The summed E-state index contributed by atoms with van der Waals surface area (Å²) in [6.07, 6.45) is 0.710. The van der Waals surface area contributed by atoms with Crippen LogP contribution in [0, 0.1) is 0 Å². The van der Waals surface area contributed by atoms with Crippen molar-refractivity contribution < 1.29 is 121 Å². The Kier molecular flexibility index (Phi) is 30.7. The van der Waals surface area contributed by atoms with Crippen molar-refractivity contribution in [3.63, 3.8) is 0 Å². The predicted molar refractivity (Wildman–Crippen MR) is 388 cm³/mol. The topological polar surface area (TPSA) is 375 Å². The zero-order chi connectivity index (χ0) is 77.9. The second kappa shape index (κ2) is 41.3. The lowest BCUT2D eigenvalue weighted by Gasteiger charge is -2.10. The average molecular weight is 1470 g/mol. The number of phenols is 5. The van der Waals surface area contributed by atoms with E-state index in [2.05, 4.69) is 4.74 Å². The quantitative estimate of drug-likeness (QED) is 0.0234. The number of methoxy groups -OCH3 is 1. The summed E-state index contributed by atoms with van der Waals surface area (Å²) in [5, 5.41) is 54.9. The number of hydrogen-bond acceptors (Lipinski definition) is 24.